The molecule has 1 aliphatic heterocycles. The molecule has 0 aromatic heterocycles. The summed E-state index contributed by atoms with van der Waals surface area (Å²) in [7, 11) is 1.55. The Hall–Kier alpha value is -3.22. The molecule has 1 aliphatic rings. The van der Waals surface area contributed by atoms with E-state index in [0.717, 1.165) is 22.9 Å². The summed E-state index contributed by atoms with van der Waals surface area (Å²) in [6, 6.07) is 22.2. The Bertz CT molecular complexity index is 1180. The number of hydrogen-bond donors (Lipinski definition) is 0. The van der Waals surface area contributed by atoms with E-state index >= 15 is 0 Å². The van der Waals surface area contributed by atoms with Crippen LogP contribution in [-0.4, -0.2) is 23.2 Å². The first-order valence-corrected chi connectivity index (χ1v) is 11.1. The molecule has 0 N–H and O–H groups in total. The Morgan fingerprint density at radius 2 is 1.72 bits per heavy atom. The Morgan fingerprint density at radius 1 is 0.969 bits per heavy atom. The fourth-order valence-electron chi connectivity index (χ4n) is 3.29. The van der Waals surface area contributed by atoms with E-state index in [1.807, 2.05) is 60.7 Å². The molecule has 32 heavy (non-hydrogen) atoms. The van der Waals surface area contributed by atoms with E-state index in [1.54, 1.807) is 25.3 Å². The van der Waals surface area contributed by atoms with Crippen molar-refractivity contribution in [3.05, 3.63) is 99.4 Å². The van der Waals surface area contributed by atoms with Crippen LogP contribution in [0.15, 0.2) is 77.7 Å². The third kappa shape index (κ3) is 4.98. The molecule has 1 heterocycles. The zero-order chi connectivity index (χ0) is 22.5. The van der Waals surface area contributed by atoms with Crippen molar-refractivity contribution in [1.82, 2.24) is 4.90 Å². The second-order valence-corrected chi connectivity index (χ2v) is 8.48. The van der Waals surface area contributed by atoms with Crippen LogP contribution < -0.4 is 9.47 Å². The van der Waals surface area contributed by atoms with Crippen LogP contribution in [0.3, 0.4) is 0 Å². The lowest BCUT2D eigenvalue weighted by Crippen LogP contribution is -2.27. The molecule has 1 fully saturated rings. The van der Waals surface area contributed by atoms with Gasteiger partial charge in [0.15, 0.2) is 11.5 Å². The molecule has 3 aromatic rings. The van der Waals surface area contributed by atoms with Crippen LogP contribution in [0.5, 0.6) is 11.5 Å². The lowest BCUT2D eigenvalue weighted by Gasteiger charge is -2.14. The first-order valence-electron chi connectivity index (χ1n) is 9.88. The highest BCUT2D eigenvalue weighted by molar-refractivity contribution is 8.18. The van der Waals surface area contributed by atoms with Crippen molar-refractivity contribution in [1.29, 1.82) is 0 Å². The van der Waals surface area contributed by atoms with Gasteiger partial charge in [0.2, 0.25) is 0 Å². The minimum Gasteiger partial charge on any atom is -0.493 e. The molecule has 0 radical (unpaired) electrons. The van der Waals surface area contributed by atoms with E-state index in [9.17, 15) is 9.59 Å². The van der Waals surface area contributed by atoms with Crippen molar-refractivity contribution in [2.45, 2.75) is 13.2 Å². The highest BCUT2D eigenvalue weighted by Crippen LogP contribution is 2.38. The number of nitrogens with zero attached hydrogens (tertiary/aromatic N) is 1. The summed E-state index contributed by atoms with van der Waals surface area (Å²) in [6.45, 7) is 0.510. The average Bonchev–Trinajstić information content (AvgIpc) is 3.06. The zero-order valence-electron chi connectivity index (χ0n) is 17.3. The van der Waals surface area contributed by atoms with Crippen molar-refractivity contribution in [2.24, 2.45) is 0 Å². The van der Waals surface area contributed by atoms with Crippen molar-refractivity contribution in [2.75, 3.05) is 7.11 Å². The smallest absolute Gasteiger partial charge is 0.293 e. The normalized spacial score (nSPS) is 14.8. The molecule has 7 heteroatoms. The van der Waals surface area contributed by atoms with Crippen LogP contribution in [-0.2, 0) is 17.9 Å². The fourth-order valence-corrected chi connectivity index (χ4v) is 4.33. The van der Waals surface area contributed by atoms with Gasteiger partial charge in [0, 0.05) is 10.6 Å². The summed E-state index contributed by atoms with van der Waals surface area (Å²) < 4.78 is 11.5. The number of hydrogen-bond acceptors (Lipinski definition) is 5. The number of benzene rings is 3. The van der Waals surface area contributed by atoms with Crippen molar-refractivity contribution < 1.29 is 19.1 Å². The number of thioether (sulfide) groups is 1. The number of imide groups is 1. The molecular formula is C25H20ClNO4S. The van der Waals surface area contributed by atoms with Crippen molar-refractivity contribution >= 4 is 40.6 Å². The standard InChI is InChI=1S/C25H20ClNO4S/c1-30-21-12-6-10-19(23(21)31-16-18-9-5-11-20(26)13-18)14-22-24(28)27(25(29)32-22)15-17-7-3-2-4-8-17/h2-14H,15-16H2,1H3/b22-14-. The number of amides is 2. The third-order valence-electron chi connectivity index (χ3n) is 4.85. The van der Waals surface area contributed by atoms with Crippen molar-refractivity contribution in [3.63, 3.8) is 0 Å². The maximum absolute atomic E-state index is 12.9. The molecule has 0 atom stereocenters. The highest BCUT2D eigenvalue weighted by atomic mass is 35.5. The van der Waals surface area contributed by atoms with E-state index in [0.29, 0.717) is 27.0 Å². The number of para-hydroxylation sites is 1. The minimum atomic E-state index is -0.326. The van der Waals surface area contributed by atoms with Gasteiger partial charge in [0.05, 0.1) is 18.6 Å². The average molecular weight is 466 g/mol. The summed E-state index contributed by atoms with van der Waals surface area (Å²) in [6.07, 6.45) is 1.67. The lowest BCUT2D eigenvalue weighted by atomic mass is 10.1. The molecule has 2 amide bonds. The fraction of sp³-hybridized carbons (Fsp3) is 0.120. The minimum absolute atomic E-state index is 0.235. The largest absolute Gasteiger partial charge is 0.493 e. The predicted molar refractivity (Wildman–Crippen MR) is 127 cm³/mol. The Balaban J connectivity index is 1.59. The van der Waals surface area contributed by atoms with Gasteiger partial charge in [0.1, 0.15) is 6.61 Å². The van der Waals surface area contributed by atoms with Gasteiger partial charge in [-0.3, -0.25) is 14.5 Å². The van der Waals surface area contributed by atoms with E-state index < -0.39 is 0 Å². The Morgan fingerprint density at radius 3 is 2.47 bits per heavy atom. The topological polar surface area (TPSA) is 55.8 Å². The van der Waals surface area contributed by atoms with Crippen LogP contribution in [0.2, 0.25) is 5.02 Å². The van der Waals surface area contributed by atoms with Gasteiger partial charge < -0.3 is 9.47 Å². The van der Waals surface area contributed by atoms with Crippen LogP contribution >= 0.6 is 23.4 Å². The summed E-state index contributed by atoms with van der Waals surface area (Å²) in [5, 5.41) is 0.327. The second-order valence-electron chi connectivity index (χ2n) is 7.05. The molecule has 0 bridgehead atoms. The summed E-state index contributed by atoms with van der Waals surface area (Å²) in [5.74, 6) is 0.696. The van der Waals surface area contributed by atoms with Gasteiger partial charge >= 0.3 is 0 Å². The van der Waals surface area contributed by atoms with E-state index in [2.05, 4.69) is 0 Å². The number of carbonyl (C=O) groups is 2. The molecule has 4 rings (SSSR count). The third-order valence-corrected chi connectivity index (χ3v) is 5.99. The predicted octanol–water partition coefficient (Wildman–Crippen LogP) is 6.16. The molecular weight excluding hydrogens is 446 g/mol. The lowest BCUT2D eigenvalue weighted by molar-refractivity contribution is -0.123. The number of ether oxygens (including phenoxy) is 2. The molecule has 162 valence electrons. The Kier molecular flexibility index (Phi) is 6.83. The molecule has 0 saturated carbocycles. The first kappa shape index (κ1) is 22.0. The van der Waals surface area contributed by atoms with Gasteiger partial charge in [-0.1, -0.05) is 66.2 Å². The van der Waals surface area contributed by atoms with Gasteiger partial charge in [-0.25, -0.2) is 0 Å². The summed E-state index contributed by atoms with van der Waals surface area (Å²) in [4.78, 5) is 27.0. The second kappa shape index (κ2) is 9.94. The number of carbonyl (C=O) groups excluding carboxylic acids is 2. The summed E-state index contributed by atoms with van der Waals surface area (Å²) in [5.41, 5.74) is 2.44. The maximum Gasteiger partial charge on any atom is 0.293 e. The molecule has 5 nitrogen and oxygen atoms in total. The van der Waals surface area contributed by atoms with E-state index in [4.69, 9.17) is 21.1 Å². The van der Waals surface area contributed by atoms with Gasteiger partial charge in [-0.05, 0) is 47.2 Å². The Labute approximate surface area is 195 Å². The molecule has 3 aromatic carbocycles. The quantitative estimate of drug-likeness (QED) is 0.391. The zero-order valence-corrected chi connectivity index (χ0v) is 18.9. The molecule has 0 spiro atoms. The van der Waals surface area contributed by atoms with Crippen LogP contribution in [0.4, 0.5) is 4.79 Å². The van der Waals surface area contributed by atoms with Crippen molar-refractivity contribution in [3.8, 4) is 11.5 Å². The van der Waals surface area contributed by atoms with Gasteiger partial charge in [-0.15, -0.1) is 0 Å². The van der Waals surface area contributed by atoms with E-state index in [-0.39, 0.29) is 24.3 Å². The van der Waals surface area contributed by atoms with Crippen LogP contribution in [0.1, 0.15) is 16.7 Å². The number of methoxy groups -OCH3 is 1. The number of rotatable bonds is 7. The van der Waals surface area contributed by atoms with Crippen LogP contribution in [0, 0.1) is 0 Å². The maximum atomic E-state index is 12.9. The highest BCUT2D eigenvalue weighted by Gasteiger charge is 2.35. The number of halogens is 1. The van der Waals surface area contributed by atoms with Crippen LogP contribution in [0.25, 0.3) is 6.08 Å². The molecule has 0 aliphatic carbocycles. The van der Waals surface area contributed by atoms with Gasteiger partial charge in [-0.2, -0.15) is 0 Å². The first-order chi connectivity index (χ1) is 15.5. The molecule has 1 saturated heterocycles. The summed E-state index contributed by atoms with van der Waals surface area (Å²) >= 11 is 6.98. The van der Waals surface area contributed by atoms with Gasteiger partial charge in [0.25, 0.3) is 11.1 Å². The SMILES string of the molecule is COc1cccc(/C=C2\SC(=O)N(Cc3ccccc3)C2=O)c1OCc1cccc(Cl)c1. The molecule has 0 unspecified atom stereocenters. The van der Waals surface area contributed by atoms with E-state index in [1.165, 1.54) is 4.90 Å². The monoisotopic (exact) mass is 465 g/mol.